The minimum absolute atomic E-state index is 0.156. The normalized spacial score (nSPS) is 43.5. The molecule has 0 aliphatic carbocycles. The summed E-state index contributed by atoms with van der Waals surface area (Å²) in [5.41, 5.74) is -2.93. The largest absolute Gasteiger partial charge is 0.459 e. The molecule has 2 rings (SSSR count). The Morgan fingerprint density at radius 1 is 0.977 bits per heavy atom. The number of carbonyl (C=O) groups is 3. The molecule has 13 atom stereocenters. The van der Waals surface area contributed by atoms with E-state index in [9.17, 15) is 24.6 Å². The van der Waals surface area contributed by atoms with Crippen LogP contribution in [-0.2, 0) is 38.1 Å². The number of Topliss-reactive ketones (excluding diaryl/α,β-unsaturated/α-hetero) is 2. The van der Waals surface area contributed by atoms with Crippen molar-refractivity contribution in [2.45, 2.75) is 142 Å². The van der Waals surface area contributed by atoms with Crippen molar-refractivity contribution in [1.29, 1.82) is 0 Å². The summed E-state index contributed by atoms with van der Waals surface area (Å²) in [6.07, 6.45) is -3.70. The summed E-state index contributed by atoms with van der Waals surface area (Å²) in [7, 11) is 5.23. The fraction of sp³-hybridized carbons (Fsp3) is 0.909. The molecular weight excluding hydrogens is 570 g/mol. The van der Waals surface area contributed by atoms with Crippen LogP contribution < -0.4 is 0 Å². The van der Waals surface area contributed by atoms with Crippen molar-refractivity contribution in [2.24, 2.45) is 23.7 Å². The molecule has 0 aromatic carbocycles. The second kappa shape index (κ2) is 15.9. The van der Waals surface area contributed by atoms with Gasteiger partial charge in [0.25, 0.3) is 0 Å². The molecule has 2 fully saturated rings. The van der Waals surface area contributed by atoms with Gasteiger partial charge >= 0.3 is 5.97 Å². The highest BCUT2D eigenvalue weighted by Crippen LogP contribution is 2.38. The molecule has 0 amide bonds. The van der Waals surface area contributed by atoms with Gasteiger partial charge in [0, 0.05) is 37.5 Å². The van der Waals surface area contributed by atoms with Crippen LogP contribution in [0.4, 0.5) is 0 Å². The molecule has 0 aromatic rings. The first-order valence-electron chi connectivity index (χ1n) is 16.2. The third kappa shape index (κ3) is 8.46. The van der Waals surface area contributed by atoms with Gasteiger partial charge in [-0.3, -0.25) is 14.4 Å². The quantitative estimate of drug-likeness (QED) is 0.302. The van der Waals surface area contributed by atoms with Gasteiger partial charge in [-0.25, -0.2) is 0 Å². The van der Waals surface area contributed by atoms with Crippen molar-refractivity contribution in [3.63, 3.8) is 0 Å². The van der Waals surface area contributed by atoms with Crippen LogP contribution in [0.1, 0.15) is 88.0 Å². The highest BCUT2D eigenvalue weighted by atomic mass is 16.7. The Bertz CT molecular complexity index is 972. The molecule has 0 radical (unpaired) electrons. The molecule has 0 bridgehead atoms. The monoisotopic (exact) mass is 629 g/mol. The lowest BCUT2D eigenvalue weighted by Crippen LogP contribution is -2.60. The summed E-state index contributed by atoms with van der Waals surface area (Å²) in [4.78, 5) is 43.3. The van der Waals surface area contributed by atoms with Crippen molar-refractivity contribution in [3.05, 3.63) is 0 Å². The SMILES string of the molecule is CCCOC1[C@H](C)C(=O)[C@H](C)C[C@](C)(OC)[C@H](O[C@@H]2O[C@H](C)C[C@H](N(C)C)[C@H]2O)[C@@H](C)C(=O)[C@@H](C)C(=O)O[C@@H](CC)[C@@]1(C)O. The maximum Gasteiger partial charge on any atom is 0.316 e. The number of carbonyl (C=O) groups excluding carboxylic acids is 3. The number of aliphatic hydroxyl groups excluding tert-OH is 1. The lowest BCUT2D eigenvalue weighted by Gasteiger charge is -2.47. The molecule has 2 N–H and O–H groups in total. The second-order valence-electron chi connectivity index (χ2n) is 13.7. The Balaban J connectivity index is 2.65. The van der Waals surface area contributed by atoms with Gasteiger partial charge in [-0.05, 0) is 67.5 Å². The van der Waals surface area contributed by atoms with Gasteiger partial charge in [-0.1, -0.05) is 34.6 Å². The Kier molecular flexibility index (Phi) is 14.0. The van der Waals surface area contributed by atoms with E-state index in [1.165, 1.54) is 21.0 Å². The maximum absolute atomic E-state index is 14.0. The summed E-state index contributed by atoms with van der Waals surface area (Å²) >= 11 is 0. The van der Waals surface area contributed by atoms with Crippen LogP contribution in [0.2, 0.25) is 0 Å². The summed E-state index contributed by atoms with van der Waals surface area (Å²) in [5.74, 6) is -4.89. The predicted octanol–water partition coefficient (Wildman–Crippen LogP) is 3.16. The Labute approximate surface area is 264 Å². The first-order valence-corrected chi connectivity index (χ1v) is 16.2. The molecule has 1 unspecified atom stereocenters. The van der Waals surface area contributed by atoms with Crippen LogP contribution in [0, 0.1) is 23.7 Å². The predicted molar refractivity (Wildman–Crippen MR) is 165 cm³/mol. The molecule has 0 aromatic heterocycles. The topological polar surface area (TPSA) is 141 Å². The molecule has 2 aliphatic heterocycles. The van der Waals surface area contributed by atoms with Crippen LogP contribution >= 0.6 is 0 Å². The number of hydrogen-bond acceptors (Lipinski definition) is 11. The summed E-state index contributed by atoms with van der Waals surface area (Å²) in [6.45, 7) is 15.8. The van der Waals surface area contributed by atoms with Crippen LogP contribution in [0.25, 0.3) is 0 Å². The number of rotatable bonds is 8. The number of ketones is 2. The molecule has 0 spiro atoms. The first kappa shape index (κ1) is 38.7. The van der Waals surface area contributed by atoms with Gasteiger partial charge in [0.1, 0.15) is 29.5 Å². The second-order valence-corrected chi connectivity index (χ2v) is 13.7. The van der Waals surface area contributed by atoms with E-state index >= 15 is 0 Å². The molecule has 0 saturated carbocycles. The standard InChI is InChI=1S/C33H59NO10/c1-13-15-41-29-20(5)25(35)18(3)17-32(8,40-12)28(44-31-27(37)23(34(10)11)16-19(4)42-31)21(6)26(36)22(7)30(38)43-24(14-2)33(29,9)39/h18-24,27-29,31,37,39H,13-17H2,1-12H3/t18-,19-,20-,21+,22-,23+,24+,27-,28-,29?,31+,32+,33-/m1/s1. The summed E-state index contributed by atoms with van der Waals surface area (Å²) in [6, 6.07) is -0.254. The van der Waals surface area contributed by atoms with Gasteiger partial charge < -0.3 is 38.8 Å². The van der Waals surface area contributed by atoms with Crippen molar-refractivity contribution in [3.8, 4) is 0 Å². The number of aliphatic hydroxyl groups is 2. The molecule has 2 aliphatic rings. The maximum atomic E-state index is 14.0. The summed E-state index contributed by atoms with van der Waals surface area (Å²) in [5, 5.41) is 23.0. The van der Waals surface area contributed by atoms with E-state index < -0.39 is 77.3 Å². The van der Waals surface area contributed by atoms with Crippen molar-refractivity contribution in [1.82, 2.24) is 4.90 Å². The van der Waals surface area contributed by atoms with Crippen molar-refractivity contribution in [2.75, 3.05) is 27.8 Å². The number of hydrogen-bond donors (Lipinski definition) is 2. The van der Waals surface area contributed by atoms with Gasteiger partial charge in [-0.2, -0.15) is 0 Å². The fourth-order valence-corrected chi connectivity index (χ4v) is 6.98. The van der Waals surface area contributed by atoms with E-state index in [1.54, 1.807) is 34.6 Å². The molecule has 256 valence electrons. The zero-order valence-corrected chi connectivity index (χ0v) is 29.0. The van der Waals surface area contributed by atoms with Gasteiger partial charge in [0.15, 0.2) is 12.1 Å². The smallest absolute Gasteiger partial charge is 0.316 e. The van der Waals surface area contributed by atoms with E-state index in [4.69, 9.17) is 23.7 Å². The highest BCUT2D eigenvalue weighted by molar-refractivity contribution is 6.00. The van der Waals surface area contributed by atoms with E-state index in [0.29, 0.717) is 19.4 Å². The zero-order chi connectivity index (χ0) is 33.7. The van der Waals surface area contributed by atoms with Crippen molar-refractivity contribution >= 4 is 17.5 Å². The van der Waals surface area contributed by atoms with Crippen molar-refractivity contribution < 1.29 is 48.3 Å². The average Bonchev–Trinajstić information content (AvgIpc) is 2.97. The third-order valence-electron chi connectivity index (χ3n) is 9.77. The summed E-state index contributed by atoms with van der Waals surface area (Å²) < 4.78 is 30.5. The molecule has 11 nitrogen and oxygen atoms in total. The van der Waals surface area contributed by atoms with Gasteiger partial charge in [-0.15, -0.1) is 0 Å². The number of nitrogens with zero attached hydrogens (tertiary/aromatic N) is 1. The average molecular weight is 630 g/mol. The number of cyclic esters (lactones) is 1. The lowest BCUT2D eigenvalue weighted by atomic mass is 9.74. The first-order chi connectivity index (χ1) is 20.4. The van der Waals surface area contributed by atoms with E-state index in [-0.39, 0.29) is 30.8 Å². The van der Waals surface area contributed by atoms with E-state index in [0.717, 1.165) is 0 Å². The van der Waals surface area contributed by atoms with E-state index in [1.807, 2.05) is 32.8 Å². The molecule has 2 heterocycles. The number of likely N-dealkylation sites (N-methyl/N-ethyl adjacent to an activating group) is 1. The van der Waals surface area contributed by atoms with Gasteiger partial charge in [0.05, 0.1) is 23.9 Å². The lowest BCUT2D eigenvalue weighted by molar-refractivity contribution is -0.295. The minimum Gasteiger partial charge on any atom is -0.459 e. The number of esters is 1. The van der Waals surface area contributed by atoms with Crippen LogP contribution in [0.15, 0.2) is 0 Å². The fourth-order valence-electron chi connectivity index (χ4n) is 6.98. The number of methoxy groups -OCH3 is 1. The third-order valence-corrected chi connectivity index (χ3v) is 9.77. The number of ether oxygens (including phenoxy) is 5. The Morgan fingerprint density at radius 2 is 1.57 bits per heavy atom. The Hall–Kier alpha value is -1.47. The molecule has 44 heavy (non-hydrogen) atoms. The highest BCUT2D eigenvalue weighted by Gasteiger charge is 2.52. The van der Waals surface area contributed by atoms with E-state index in [2.05, 4.69) is 0 Å². The molecular formula is C33H59NO10. The van der Waals surface area contributed by atoms with Crippen LogP contribution in [0.5, 0.6) is 0 Å². The van der Waals surface area contributed by atoms with Gasteiger partial charge in [0.2, 0.25) is 0 Å². The Morgan fingerprint density at radius 3 is 2.09 bits per heavy atom. The minimum atomic E-state index is -1.71. The molecule has 11 heteroatoms. The van der Waals surface area contributed by atoms with Crippen LogP contribution in [0.3, 0.4) is 0 Å². The zero-order valence-electron chi connectivity index (χ0n) is 29.0. The molecule has 2 saturated heterocycles. The van der Waals surface area contributed by atoms with Crippen LogP contribution in [-0.4, -0.2) is 115 Å².